The van der Waals surface area contributed by atoms with E-state index in [0.717, 1.165) is 23.3 Å². The van der Waals surface area contributed by atoms with Gasteiger partial charge in [0.05, 0.1) is 11.9 Å². The number of halogens is 1. The number of ether oxygens (including phenoxy) is 1. The molecular weight excluding hydrogens is 256 g/mol. The summed E-state index contributed by atoms with van der Waals surface area (Å²) >= 11 is 3.44. The van der Waals surface area contributed by atoms with Gasteiger partial charge in [0.2, 0.25) is 0 Å². The number of alkyl halides is 1. The summed E-state index contributed by atoms with van der Waals surface area (Å²) in [7, 11) is 1.64. The Balaban J connectivity index is 2.46. The number of Topliss-reactive ketones (excluding diaryl/α,β-unsaturated/α-hetero) is 1. The van der Waals surface area contributed by atoms with Gasteiger partial charge in [-0.15, -0.1) is 0 Å². The summed E-state index contributed by atoms with van der Waals surface area (Å²) in [5.41, 5.74) is 1.93. The molecule has 1 aliphatic carbocycles. The van der Waals surface area contributed by atoms with Gasteiger partial charge in [0.25, 0.3) is 0 Å². The summed E-state index contributed by atoms with van der Waals surface area (Å²) in [6, 6.07) is 5.66. The van der Waals surface area contributed by atoms with Crippen LogP contribution < -0.4 is 4.74 Å². The van der Waals surface area contributed by atoms with Gasteiger partial charge in [0.1, 0.15) is 5.75 Å². The number of carbonyl (C=O) groups is 1. The number of fused-ring (bicyclic) bond motifs is 1. The van der Waals surface area contributed by atoms with Crippen LogP contribution in [0.2, 0.25) is 0 Å². The minimum Gasteiger partial charge on any atom is -0.497 e. The van der Waals surface area contributed by atoms with Crippen molar-refractivity contribution in [3.8, 4) is 5.75 Å². The highest BCUT2D eigenvalue weighted by Gasteiger charge is 2.30. The molecular formula is C12H13BrO2. The van der Waals surface area contributed by atoms with E-state index >= 15 is 0 Å². The Kier molecular flexibility index (Phi) is 2.83. The van der Waals surface area contributed by atoms with E-state index in [4.69, 9.17) is 4.74 Å². The van der Waals surface area contributed by atoms with Crippen molar-refractivity contribution in [1.82, 2.24) is 0 Å². The van der Waals surface area contributed by atoms with E-state index in [2.05, 4.69) is 22.9 Å². The highest BCUT2D eigenvalue weighted by Crippen LogP contribution is 2.31. The molecule has 2 rings (SSSR count). The zero-order chi connectivity index (χ0) is 11.0. The Hall–Kier alpha value is -0.830. The summed E-state index contributed by atoms with van der Waals surface area (Å²) in [6.45, 7) is 2.08. The number of benzene rings is 1. The fraction of sp³-hybridized carbons (Fsp3) is 0.417. The zero-order valence-electron chi connectivity index (χ0n) is 8.79. The molecule has 0 aromatic heterocycles. The topological polar surface area (TPSA) is 26.3 Å². The fourth-order valence-electron chi connectivity index (χ4n) is 1.96. The maximum atomic E-state index is 11.9. The second-order valence-corrected chi connectivity index (χ2v) is 4.96. The Morgan fingerprint density at radius 2 is 2.20 bits per heavy atom. The number of rotatable bonds is 1. The first-order valence-electron chi connectivity index (χ1n) is 4.98. The van der Waals surface area contributed by atoms with Crippen LogP contribution in [-0.2, 0) is 6.42 Å². The first-order valence-corrected chi connectivity index (χ1v) is 5.90. The average Bonchev–Trinajstić information content (AvgIpc) is 2.25. The Morgan fingerprint density at radius 3 is 2.87 bits per heavy atom. The maximum Gasteiger partial charge on any atom is 0.177 e. The van der Waals surface area contributed by atoms with E-state index in [1.54, 1.807) is 7.11 Å². The molecule has 0 radical (unpaired) electrons. The molecule has 2 nitrogen and oxygen atoms in total. The van der Waals surface area contributed by atoms with Crippen molar-refractivity contribution in [2.24, 2.45) is 5.92 Å². The lowest BCUT2D eigenvalue weighted by Crippen LogP contribution is -2.30. The van der Waals surface area contributed by atoms with Crippen molar-refractivity contribution in [2.75, 3.05) is 7.11 Å². The van der Waals surface area contributed by atoms with Crippen molar-refractivity contribution in [2.45, 2.75) is 18.2 Å². The predicted octanol–water partition coefficient (Wildman–Crippen LogP) is 2.83. The summed E-state index contributed by atoms with van der Waals surface area (Å²) in [5, 5.41) is 0. The molecule has 0 aliphatic heterocycles. The summed E-state index contributed by atoms with van der Waals surface area (Å²) in [6.07, 6.45) is 0.925. The molecule has 1 aromatic carbocycles. The van der Waals surface area contributed by atoms with Crippen molar-refractivity contribution in [1.29, 1.82) is 0 Å². The average molecular weight is 269 g/mol. The first-order chi connectivity index (χ1) is 7.13. The molecule has 0 N–H and O–H groups in total. The third kappa shape index (κ3) is 1.81. The van der Waals surface area contributed by atoms with Crippen LogP contribution in [0.5, 0.6) is 5.75 Å². The lowest BCUT2D eigenvalue weighted by molar-refractivity contribution is 0.0964. The number of hydrogen-bond acceptors (Lipinski definition) is 2. The van der Waals surface area contributed by atoms with Crippen LogP contribution in [0.15, 0.2) is 18.2 Å². The molecule has 80 valence electrons. The van der Waals surface area contributed by atoms with Crippen LogP contribution in [0.1, 0.15) is 22.8 Å². The van der Waals surface area contributed by atoms with Gasteiger partial charge in [-0.2, -0.15) is 0 Å². The van der Waals surface area contributed by atoms with Crippen molar-refractivity contribution in [3.05, 3.63) is 29.3 Å². The standard InChI is InChI=1S/C12H13BrO2/c1-7-5-8-6-9(15-2)3-4-10(8)12(14)11(7)13/h3-4,6-7,11H,5H2,1-2H3. The summed E-state index contributed by atoms with van der Waals surface area (Å²) in [4.78, 5) is 11.9. The Bertz CT molecular complexity index is 401. The van der Waals surface area contributed by atoms with Gasteiger partial charge in [-0.3, -0.25) is 4.79 Å². The third-order valence-corrected chi connectivity index (χ3v) is 4.19. The fourth-order valence-corrected chi connectivity index (χ4v) is 2.40. The zero-order valence-corrected chi connectivity index (χ0v) is 10.4. The number of hydrogen-bond donors (Lipinski definition) is 0. The molecule has 2 atom stereocenters. The molecule has 0 spiro atoms. The normalized spacial score (nSPS) is 24.9. The first kappa shape index (κ1) is 10.7. The van der Waals surface area contributed by atoms with E-state index in [1.165, 1.54) is 0 Å². The van der Waals surface area contributed by atoms with Crippen molar-refractivity contribution >= 4 is 21.7 Å². The van der Waals surface area contributed by atoms with Gasteiger partial charge in [0.15, 0.2) is 5.78 Å². The lowest BCUT2D eigenvalue weighted by atomic mass is 9.84. The minimum atomic E-state index is -0.0432. The molecule has 0 bridgehead atoms. The second-order valence-electron chi connectivity index (χ2n) is 3.97. The van der Waals surface area contributed by atoms with E-state index in [9.17, 15) is 4.79 Å². The third-order valence-electron chi connectivity index (χ3n) is 2.87. The van der Waals surface area contributed by atoms with Crippen LogP contribution in [0.3, 0.4) is 0 Å². The molecule has 15 heavy (non-hydrogen) atoms. The number of methoxy groups -OCH3 is 1. The number of carbonyl (C=O) groups excluding carboxylic acids is 1. The maximum absolute atomic E-state index is 11.9. The van der Waals surface area contributed by atoms with E-state index in [0.29, 0.717) is 5.92 Å². The van der Waals surface area contributed by atoms with Crippen LogP contribution in [0, 0.1) is 5.92 Å². The molecule has 1 aromatic rings. The molecule has 1 aliphatic rings. The van der Waals surface area contributed by atoms with Crippen molar-refractivity contribution < 1.29 is 9.53 Å². The van der Waals surface area contributed by atoms with Gasteiger partial charge in [-0.25, -0.2) is 0 Å². The molecule has 0 saturated carbocycles. The van der Waals surface area contributed by atoms with E-state index in [1.807, 2.05) is 18.2 Å². The van der Waals surface area contributed by atoms with Crippen LogP contribution in [0.25, 0.3) is 0 Å². The van der Waals surface area contributed by atoms with Crippen LogP contribution in [-0.4, -0.2) is 17.7 Å². The highest BCUT2D eigenvalue weighted by atomic mass is 79.9. The number of ketones is 1. The molecule has 0 saturated heterocycles. The summed E-state index contributed by atoms with van der Waals surface area (Å²) in [5.74, 6) is 1.35. The predicted molar refractivity (Wildman–Crippen MR) is 62.9 cm³/mol. The molecule has 3 heteroatoms. The van der Waals surface area contributed by atoms with E-state index < -0.39 is 0 Å². The van der Waals surface area contributed by atoms with Crippen LogP contribution in [0.4, 0.5) is 0 Å². The molecule has 2 unspecified atom stereocenters. The summed E-state index contributed by atoms with van der Waals surface area (Å²) < 4.78 is 5.15. The van der Waals surface area contributed by atoms with Gasteiger partial charge in [0, 0.05) is 5.56 Å². The van der Waals surface area contributed by atoms with Gasteiger partial charge in [-0.05, 0) is 36.1 Å². The Morgan fingerprint density at radius 1 is 1.47 bits per heavy atom. The minimum absolute atomic E-state index is 0.0432. The van der Waals surface area contributed by atoms with Gasteiger partial charge < -0.3 is 4.74 Å². The Labute approximate surface area is 97.8 Å². The quantitative estimate of drug-likeness (QED) is 0.733. The lowest BCUT2D eigenvalue weighted by Gasteiger charge is -2.25. The SMILES string of the molecule is COc1ccc2c(c1)CC(C)C(Br)C2=O. The highest BCUT2D eigenvalue weighted by molar-refractivity contribution is 9.10. The largest absolute Gasteiger partial charge is 0.497 e. The smallest absolute Gasteiger partial charge is 0.177 e. The molecule has 0 fully saturated rings. The molecule has 0 heterocycles. The monoisotopic (exact) mass is 268 g/mol. The van der Waals surface area contributed by atoms with Gasteiger partial charge in [-0.1, -0.05) is 22.9 Å². The van der Waals surface area contributed by atoms with Crippen LogP contribution >= 0.6 is 15.9 Å². The molecule has 0 amide bonds. The van der Waals surface area contributed by atoms with Crippen molar-refractivity contribution in [3.63, 3.8) is 0 Å². The van der Waals surface area contributed by atoms with E-state index in [-0.39, 0.29) is 10.6 Å². The second kappa shape index (κ2) is 3.97. The van der Waals surface area contributed by atoms with Gasteiger partial charge >= 0.3 is 0 Å².